The van der Waals surface area contributed by atoms with Gasteiger partial charge in [-0.05, 0) is 18.2 Å². The Hall–Kier alpha value is -2.97. The number of carbonyl (C=O) groups excluding carboxylic acids is 3. The van der Waals surface area contributed by atoms with Crippen LogP contribution in [0, 0.1) is 11.6 Å². The molecule has 0 spiro atoms. The molecule has 2 aliphatic heterocycles. The first-order chi connectivity index (χ1) is 12.4. The molecule has 0 aliphatic carbocycles. The topological polar surface area (TPSA) is 79.0 Å². The maximum atomic E-state index is 14.5. The highest BCUT2D eigenvalue weighted by atomic mass is 19.2. The van der Waals surface area contributed by atoms with Gasteiger partial charge in [0, 0.05) is 26.1 Å². The van der Waals surface area contributed by atoms with E-state index in [2.05, 4.69) is 5.32 Å². The molecule has 2 aliphatic rings. The monoisotopic (exact) mass is 365 g/mol. The molecule has 1 saturated heterocycles. The lowest BCUT2D eigenvalue weighted by atomic mass is 10.1. The molecule has 1 atom stereocenters. The van der Waals surface area contributed by atoms with E-state index < -0.39 is 23.8 Å². The number of ketones is 1. The lowest BCUT2D eigenvalue weighted by molar-refractivity contribution is -0.119. The lowest BCUT2D eigenvalue weighted by Crippen LogP contribution is -2.33. The summed E-state index contributed by atoms with van der Waals surface area (Å²) in [6.07, 6.45) is 1.46. The van der Waals surface area contributed by atoms with Crippen molar-refractivity contribution in [1.29, 1.82) is 0 Å². The van der Waals surface area contributed by atoms with E-state index >= 15 is 0 Å². The third-order valence-electron chi connectivity index (χ3n) is 4.13. The maximum Gasteiger partial charge on any atom is 0.414 e. The third kappa shape index (κ3) is 3.51. The van der Waals surface area contributed by atoms with Crippen molar-refractivity contribution in [3.8, 4) is 0 Å². The Bertz CT molecular complexity index is 796. The molecule has 3 rings (SSSR count). The van der Waals surface area contributed by atoms with Crippen LogP contribution in [0.3, 0.4) is 0 Å². The SMILES string of the molecule is CC(=O)NCC1CN(c2ccc(N3C=CC(=O)CC3)c(F)c2F)C(=O)O1. The van der Waals surface area contributed by atoms with Gasteiger partial charge in [0.05, 0.1) is 24.5 Å². The molecule has 0 radical (unpaired) electrons. The molecule has 1 fully saturated rings. The summed E-state index contributed by atoms with van der Waals surface area (Å²) in [7, 11) is 0. The molecular weight excluding hydrogens is 348 g/mol. The van der Waals surface area contributed by atoms with Gasteiger partial charge in [0.1, 0.15) is 6.10 Å². The largest absolute Gasteiger partial charge is 0.442 e. The van der Waals surface area contributed by atoms with Crippen molar-refractivity contribution in [3.05, 3.63) is 36.0 Å². The van der Waals surface area contributed by atoms with Gasteiger partial charge in [0.15, 0.2) is 17.4 Å². The minimum absolute atomic E-state index is 0.00701. The summed E-state index contributed by atoms with van der Waals surface area (Å²) in [4.78, 5) is 36.5. The van der Waals surface area contributed by atoms with Crippen LogP contribution in [-0.4, -0.2) is 43.5 Å². The lowest BCUT2D eigenvalue weighted by Gasteiger charge is -2.24. The first-order valence-electron chi connectivity index (χ1n) is 8.05. The van der Waals surface area contributed by atoms with Crippen LogP contribution in [0.2, 0.25) is 0 Å². The Labute approximate surface area is 148 Å². The van der Waals surface area contributed by atoms with Crippen molar-refractivity contribution in [2.75, 3.05) is 29.4 Å². The molecule has 1 N–H and O–H groups in total. The average Bonchev–Trinajstić information content (AvgIpc) is 2.97. The number of rotatable bonds is 4. The summed E-state index contributed by atoms with van der Waals surface area (Å²) >= 11 is 0. The molecule has 0 saturated carbocycles. The highest BCUT2D eigenvalue weighted by Crippen LogP contribution is 2.32. The summed E-state index contributed by atoms with van der Waals surface area (Å²) in [6, 6.07) is 2.64. The molecule has 2 heterocycles. The Morgan fingerprint density at radius 3 is 2.62 bits per heavy atom. The number of cyclic esters (lactones) is 1. The molecule has 26 heavy (non-hydrogen) atoms. The smallest absolute Gasteiger partial charge is 0.414 e. The predicted octanol–water partition coefficient (Wildman–Crippen LogP) is 1.72. The van der Waals surface area contributed by atoms with Crippen molar-refractivity contribution in [1.82, 2.24) is 5.32 Å². The fourth-order valence-corrected chi connectivity index (χ4v) is 2.80. The maximum absolute atomic E-state index is 14.5. The Morgan fingerprint density at radius 1 is 1.27 bits per heavy atom. The molecule has 0 bridgehead atoms. The molecular formula is C17H17F2N3O4. The van der Waals surface area contributed by atoms with Gasteiger partial charge in [0.2, 0.25) is 5.91 Å². The zero-order valence-corrected chi connectivity index (χ0v) is 14.0. The molecule has 0 aromatic heterocycles. The minimum Gasteiger partial charge on any atom is -0.442 e. The van der Waals surface area contributed by atoms with E-state index in [0.29, 0.717) is 0 Å². The molecule has 1 unspecified atom stereocenters. The van der Waals surface area contributed by atoms with Gasteiger partial charge >= 0.3 is 6.09 Å². The summed E-state index contributed by atoms with van der Waals surface area (Å²) < 4.78 is 34.1. The third-order valence-corrected chi connectivity index (χ3v) is 4.13. The van der Waals surface area contributed by atoms with Crippen LogP contribution in [0.1, 0.15) is 13.3 Å². The highest BCUT2D eigenvalue weighted by Gasteiger charge is 2.35. The number of benzene rings is 1. The summed E-state index contributed by atoms with van der Waals surface area (Å²) in [5.41, 5.74) is -0.254. The quantitative estimate of drug-likeness (QED) is 0.879. The molecule has 138 valence electrons. The van der Waals surface area contributed by atoms with Crippen molar-refractivity contribution < 1.29 is 27.9 Å². The van der Waals surface area contributed by atoms with Crippen molar-refractivity contribution >= 4 is 29.2 Å². The number of hydrogen-bond donors (Lipinski definition) is 1. The Balaban J connectivity index is 1.80. The van der Waals surface area contributed by atoms with Gasteiger partial charge in [-0.15, -0.1) is 0 Å². The van der Waals surface area contributed by atoms with E-state index in [-0.39, 0.29) is 49.1 Å². The summed E-state index contributed by atoms with van der Waals surface area (Å²) in [6.45, 7) is 1.65. The second-order valence-corrected chi connectivity index (χ2v) is 6.01. The van der Waals surface area contributed by atoms with E-state index in [0.717, 1.165) is 4.90 Å². The number of ether oxygens (including phenoxy) is 1. The molecule has 7 nitrogen and oxygen atoms in total. The number of carbonyl (C=O) groups is 3. The number of nitrogens with zero attached hydrogens (tertiary/aromatic N) is 2. The van der Waals surface area contributed by atoms with E-state index in [4.69, 9.17) is 4.74 Å². The normalized spacial score (nSPS) is 19.7. The van der Waals surface area contributed by atoms with Crippen LogP contribution in [0.25, 0.3) is 0 Å². The Kier molecular flexibility index (Phi) is 4.88. The van der Waals surface area contributed by atoms with Gasteiger partial charge in [-0.2, -0.15) is 0 Å². The van der Waals surface area contributed by atoms with Crippen molar-refractivity contribution in [2.24, 2.45) is 0 Å². The fraction of sp³-hybridized carbons (Fsp3) is 0.353. The number of allylic oxidation sites excluding steroid dienone is 1. The van der Waals surface area contributed by atoms with Gasteiger partial charge in [-0.1, -0.05) is 0 Å². The van der Waals surface area contributed by atoms with E-state index in [1.807, 2.05) is 0 Å². The molecule has 9 heteroatoms. The highest BCUT2D eigenvalue weighted by molar-refractivity contribution is 5.92. The van der Waals surface area contributed by atoms with Gasteiger partial charge in [-0.3, -0.25) is 14.5 Å². The van der Waals surface area contributed by atoms with Crippen molar-refractivity contribution in [2.45, 2.75) is 19.4 Å². The van der Waals surface area contributed by atoms with Crippen LogP contribution >= 0.6 is 0 Å². The predicted molar refractivity (Wildman–Crippen MR) is 88.8 cm³/mol. The second kappa shape index (κ2) is 7.11. The second-order valence-electron chi connectivity index (χ2n) is 6.01. The standard InChI is InChI=1S/C17H17F2N3O4/c1-10(23)20-8-12-9-22(17(25)26-12)14-3-2-13(15(18)16(14)19)21-6-4-11(24)5-7-21/h2-4,6,12H,5,7-9H2,1H3,(H,20,23). The Morgan fingerprint density at radius 2 is 1.96 bits per heavy atom. The van der Waals surface area contributed by atoms with E-state index in [1.54, 1.807) is 0 Å². The fourth-order valence-electron chi connectivity index (χ4n) is 2.80. The number of hydrogen-bond acceptors (Lipinski definition) is 5. The zero-order valence-electron chi connectivity index (χ0n) is 14.0. The van der Waals surface area contributed by atoms with Gasteiger partial charge in [-0.25, -0.2) is 13.6 Å². The molecule has 2 amide bonds. The number of nitrogens with one attached hydrogen (secondary N) is 1. The number of halogens is 2. The van der Waals surface area contributed by atoms with Gasteiger partial charge < -0.3 is 15.0 Å². The zero-order chi connectivity index (χ0) is 18.8. The number of amides is 2. The first-order valence-corrected chi connectivity index (χ1v) is 8.05. The number of anilines is 2. The van der Waals surface area contributed by atoms with E-state index in [1.165, 1.54) is 36.2 Å². The van der Waals surface area contributed by atoms with Crippen LogP contribution < -0.4 is 15.1 Å². The molecule has 1 aromatic rings. The van der Waals surface area contributed by atoms with Crippen LogP contribution in [-0.2, 0) is 14.3 Å². The van der Waals surface area contributed by atoms with Crippen molar-refractivity contribution in [3.63, 3.8) is 0 Å². The molecule has 1 aromatic carbocycles. The van der Waals surface area contributed by atoms with Crippen LogP contribution in [0.4, 0.5) is 25.0 Å². The minimum atomic E-state index is -1.18. The van der Waals surface area contributed by atoms with Gasteiger partial charge in [0.25, 0.3) is 0 Å². The first kappa shape index (κ1) is 17.8. The average molecular weight is 365 g/mol. The van der Waals surface area contributed by atoms with Crippen LogP contribution in [0.15, 0.2) is 24.4 Å². The van der Waals surface area contributed by atoms with E-state index in [9.17, 15) is 23.2 Å². The summed E-state index contributed by atoms with van der Waals surface area (Å²) in [5.74, 6) is -2.65. The van der Waals surface area contributed by atoms with Crippen LogP contribution in [0.5, 0.6) is 0 Å². The summed E-state index contributed by atoms with van der Waals surface area (Å²) in [5, 5.41) is 2.51.